The van der Waals surface area contributed by atoms with Gasteiger partial charge < -0.3 is 87.8 Å². The van der Waals surface area contributed by atoms with Crippen LogP contribution in [0.5, 0.6) is 5.75 Å². The van der Waals surface area contributed by atoms with Gasteiger partial charge in [0, 0.05) is 94.7 Å². The van der Waals surface area contributed by atoms with Crippen molar-refractivity contribution in [3.63, 3.8) is 0 Å². The van der Waals surface area contributed by atoms with Gasteiger partial charge >= 0.3 is 65.6 Å². The number of nitrogen functional groups attached to an aromatic ring is 1. The third-order valence-corrected chi connectivity index (χ3v) is 19.2. The number of H-pyrrole nitrogens is 1. The predicted molar refractivity (Wildman–Crippen MR) is 529 cm³/mol. The number of hydrogen-bond acceptors (Lipinski definition) is 41. The zero-order valence-corrected chi connectivity index (χ0v) is 86.2. The SMILES string of the molecule is C.C.CC(=O)Nc1ccc(S(=O)(=O)N=[N+]=[N-])cc1.CCN(CC)CC.CNC(=O)c1n[nH]c(=O)cc1O.CNC(=O)c1nnc(Cl)cc1Cl.CNC(=O)c1nnc(Cl)cc1Nc1ncccc1SC.COC(=O)CC(=O)C(=[N+]=[N-])C(=O)OC.COC(=O)CC(=O)CC(=O)OC.CSc1cccnc1N.CSc1cccnc1Nc1cc(Cl)nnc1C(=O)O.O=C(O)c1nnc(Cl)cc1Cl.O=P(Cl)(Cl)Cl.[Li+].[OH-]. The summed E-state index contributed by atoms with van der Waals surface area (Å²) < 4.78 is 51.5. The summed E-state index contributed by atoms with van der Waals surface area (Å²) in [7, 11) is 4.89. The van der Waals surface area contributed by atoms with Crippen LogP contribution in [-0.2, 0) is 67.1 Å². The molecule has 4 amide bonds. The van der Waals surface area contributed by atoms with E-state index in [2.05, 4.69) is 185 Å². The summed E-state index contributed by atoms with van der Waals surface area (Å²) in [5, 5.41) is 73.1. The number of benzene rings is 1. The fourth-order valence-corrected chi connectivity index (χ4v) is 11.4. The summed E-state index contributed by atoms with van der Waals surface area (Å²) in [5.74, 6) is -7.31. The first-order valence-corrected chi connectivity index (χ1v) is 48.6. The van der Waals surface area contributed by atoms with E-state index in [0.29, 0.717) is 28.8 Å². The van der Waals surface area contributed by atoms with E-state index in [4.69, 9.17) is 102 Å². The number of carboxylic acid groups (broad SMARTS) is 2. The minimum absolute atomic E-state index is 0. The first kappa shape index (κ1) is 140. The van der Waals surface area contributed by atoms with Crippen molar-refractivity contribution in [2.45, 2.75) is 81.4 Å². The Morgan fingerprint density at radius 3 is 1.26 bits per heavy atom. The number of aromatic amines is 1. The van der Waals surface area contributed by atoms with Crippen molar-refractivity contribution in [3.05, 3.63) is 195 Å². The number of carbonyl (C=O) groups is 12. The second kappa shape index (κ2) is 76.9. The van der Waals surface area contributed by atoms with E-state index in [1.165, 1.54) is 122 Å². The number of Topliss-reactive ketones (excluding diaryl/α,β-unsaturated/α-hetero) is 2. The van der Waals surface area contributed by atoms with Crippen molar-refractivity contribution in [1.82, 2.24) is 86.8 Å². The molecule has 8 heterocycles. The third kappa shape index (κ3) is 58.9. The van der Waals surface area contributed by atoms with Crippen molar-refractivity contribution in [2.24, 2.45) is 4.52 Å². The summed E-state index contributed by atoms with van der Waals surface area (Å²) in [5.41, 5.74) is 21.2. The van der Waals surface area contributed by atoms with Crippen molar-refractivity contribution < 1.29 is 134 Å². The van der Waals surface area contributed by atoms with Gasteiger partial charge in [-0.05, 0) is 150 Å². The monoisotopic (exact) mass is 2230 g/mol. The number of carboxylic acids is 2. The number of esters is 4. The molecule has 0 saturated carbocycles. The van der Waals surface area contributed by atoms with Gasteiger partial charge in [0.2, 0.25) is 5.91 Å². The minimum Gasteiger partial charge on any atom is -0.870 e. The molecule has 0 radical (unpaired) electrons. The second-order valence-electron chi connectivity index (χ2n) is 23.4. The van der Waals surface area contributed by atoms with E-state index < -0.39 is 92.0 Å². The predicted octanol–water partition coefficient (Wildman–Crippen LogP) is 10.4. The van der Waals surface area contributed by atoms with E-state index in [1.54, 1.807) is 48.2 Å². The molecule has 13 N–H and O–H groups in total. The number of aromatic hydroxyl groups is 1. The average Bonchev–Trinajstić information content (AvgIpc) is 0.837. The number of aromatic carboxylic acids is 2. The molecule has 0 saturated heterocycles. The van der Waals surface area contributed by atoms with Gasteiger partial charge in [-0.1, -0.05) is 105 Å². The van der Waals surface area contributed by atoms with Crippen LogP contribution in [0, 0.1) is 0 Å². The number of nitrogens with two attached hydrogens (primary N) is 1. The number of halogens is 9. The fraction of sp³-hybridized carbons (Fsp3) is 0.289. The number of nitrogens with one attached hydrogen (secondary N) is 7. The number of hydrogen-bond donors (Lipinski definition) is 11. The molecular formula is C76H93Cl9LiN26O24PS4. The molecule has 764 valence electrons. The number of ether oxygens (including phenoxy) is 4. The molecule has 0 bridgehead atoms. The number of thioether (sulfide) groups is 3. The Labute approximate surface area is 875 Å². The van der Waals surface area contributed by atoms with E-state index in [1.807, 2.05) is 54.2 Å². The number of aromatic nitrogens is 13. The van der Waals surface area contributed by atoms with Crippen LogP contribution >= 0.6 is 144 Å². The minimum atomic E-state index is -3.96. The summed E-state index contributed by atoms with van der Waals surface area (Å²) >= 11 is 52.0. The molecule has 0 fully saturated rings. The van der Waals surface area contributed by atoms with Crippen molar-refractivity contribution in [3.8, 4) is 5.75 Å². The molecule has 0 spiro atoms. The quantitative estimate of drug-likeness (QED) is 0.00229. The molecule has 141 heavy (non-hydrogen) atoms. The Balaban J connectivity index is -0.000000360. The Kier molecular flexibility index (Phi) is 76.3. The van der Waals surface area contributed by atoms with E-state index >= 15 is 0 Å². The van der Waals surface area contributed by atoms with Gasteiger partial charge in [-0.3, -0.25) is 52.5 Å². The number of ketones is 2. The van der Waals surface area contributed by atoms with Crippen LogP contribution in [0.15, 0.2) is 138 Å². The third-order valence-electron chi connectivity index (χ3n) is 14.4. The Morgan fingerprint density at radius 2 is 0.922 bits per heavy atom. The van der Waals surface area contributed by atoms with Crippen LogP contribution in [0.25, 0.3) is 16.0 Å². The molecule has 0 atom stereocenters. The van der Waals surface area contributed by atoms with Gasteiger partial charge in [0.15, 0.2) is 60.6 Å². The number of nitrogens with zero attached hydrogens (tertiary/aromatic N) is 18. The first-order chi connectivity index (χ1) is 64.5. The molecule has 0 aliphatic carbocycles. The Bertz CT molecular complexity index is 5910. The molecule has 1 aromatic carbocycles. The average molecular weight is 2240 g/mol. The fourth-order valence-electron chi connectivity index (χ4n) is 8.09. The number of methoxy groups -OCH3 is 4. The second-order valence-corrected chi connectivity index (χ2v) is 36.5. The number of rotatable bonds is 26. The van der Waals surface area contributed by atoms with Crippen LogP contribution in [0.1, 0.15) is 114 Å². The van der Waals surface area contributed by atoms with Gasteiger partial charge in [0.1, 0.15) is 36.7 Å². The summed E-state index contributed by atoms with van der Waals surface area (Å²) in [4.78, 5) is 163. The van der Waals surface area contributed by atoms with Crippen LogP contribution in [0.3, 0.4) is 0 Å². The molecule has 65 heteroatoms. The number of carbonyl (C=O) groups excluding carboxylic acids is 10. The van der Waals surface area contributed by atoms with Gasteiger partial charge in [-0.2, -0.15) is 9.89 Å². The zero-order chi connectivity index (χ0) is 105. The summed E-state index contributed by atoms with van der Waals surface area (Å²) in [6.45, 7) is 11.5. The van der Waals surface area contributed by atoms with Gasteiger partial charge in [-0.25, -0.2) is 42.9 Å². The van der Waals surface area contributed by atoms with Gasteiger partial charge in [0.25, 0.3) is 39.1 Å². The number of amides is 4. The normalized spacial score (nSPS) is 9.48. The molecular weight excluding hydrogens is 2150 g/mol. The Morgan fingerprint density at radius 1 is 0.553 bits per heavy atom. The Hall–Kier alpha value is -11.8. The van der Waals surface area contributed by atoms with Crippen LogP contribution in [0.2, 0.25) is 30.7 Å². The topological polar surface area (TPSA) is 758 Å². The van der Waals surface area contributed by atoms with Crippen LogP contribution < -0.4 is 62.1 Å². The first-order valence-electron chi connectivity index (χ1n) is 36.8. The maximum atomic E-state index is 11.8. The van der Waals surface area contributed by atoms with E-state index in [9.17, 15) is 75.3 Å². The molecule has 50 nitrogen and oxygen atoms in total. The van der Waals surface area contributed by atoms with Gasteiger partial charge in [0.05, 0.1) is 54.8 Å². The van der Waals surface area contributed by atoms with E-state index in [0.717, 1.165) is 35.0 Å². The maximum Gasteiger partial charge on any atom is 1.00 e. The van der Waals surface area contributed by atoms with Crippen LogP contribution in [-0.4, -0.2) is 270 Å². The molecule has 9 rings (SSSR count). The van der Waals surface area contributed by atoms with Crippen molar-refractivity contribution >= 4 is 265 Å². The maximum absolute atomic E-state index is 11.8. The van der Waals surface area contributed by atoms with Crippen molar-refractivity contribution in [1.29, 1.82) is 0 Å². The number of anilines is 6. The number of sulfonamides is 1. The molecule has 0 unspecified atom stereocenters. The van der Waals surface area contributed by atoms with Crippen molar-refractivity contribution in [2.75, 3.05) is 110 Å². The standard InChI is InChI=1S/C12H12ClN5OS.C11H9ClN4O2S.C8H8N4O3S.C7H8N2O5.C7H10O5.C6H5Cl2N3O.C6H7N3O3.C6H8N2S.C6H15N.C5H2Cl2N2O2.2CH4.Cl3OP.Li.H2O/c1-14-12(19)10-7(6-9(13)17-18-10)16-11-8(20-2)4-3-5-15-11;1-19-7-3-2-4-13-10(7)14-6-5-8(12)15-16-9(6)11(17)18;1-6(13)10-7-2-4-8(5-3-7)16(14,15)12-11-9;1-13-5(11)3-4(10)6(9-8)7(12)14-2;1-11-6(9)3-5(8)4-7(10)12-2;1-9-6(12)5-3(7)2-4(8)10-11-5;1-7-6(12)5-3(10)2-4(11)8-9-5;1-9-5-3-2-4-8-6(5)7;1-4-7(5-2)6-3;6-2-1-3(7)8-9-4(2)5(10)11;;;1-5(2,3)4;;/h3-6H,1-2H3,(H,14,19)(H,15,16,17);2-5H,1H3,(H,17,18)(H,13,14,15);2-5H,1H3,(H,10,13);3H2,1-2H3;3-4H2,1-2H3;2H,1H3,(H,9,12);2H,1H3,(H,7,12)(H2,8,10,11);2-4H,1H3,(H2,7,8);4-6H2,1-3H3;1H,(H,10,11);2*1H4;;;1H2/q;;;;;;;;;;;;;+1;/p-1. The number of pyridine rings is 3. The molecule has 0 aliphatic rings. The van der Waals surface area contributed by atoms with E-state index in [-0.39, 0.29) is 139 Å². The van der Waals surface area contributed by atoms with Gasteiger partial charge in [-0.15, -0.1) is 76.1 Å². The molecule has 8 aromatic heterocycles. The zero-order valence-electron chi connectivity index (χ0n) is 75.2. The number of azide groups is 1. The molecule has 9 aromatic rings. The summed E-state index contributed by atoms with van der Waals surface area (Å²) in [6.07, 6.45) is 9.35. The smallest absolute Gasteiger partial charge is 0.870 e. The largest absolute Gasteiger partial charge is 1.00 e. The summed E-state index contributed by atoms with van der Waals surface area (Å²) in [6, 6.07) is 23.0. The van der Waals surface area contributed by atoms with Crippen LogP contribution in [0.4, 0.5) is 34.5 Å². The molecule has 0 aliphatic heterocycles.